The number of hydrogen-bond donors (Lipinski definition) is 1. The molecule has 19 heavy (non-hydrogen) atoms. The van der Waals surface area contributed by atoms with Crippen molar-refractivity contribution in [3.05, 3.63) is 35.5 Å². The Kier molecular flexibility index (Phi) is 4.32. The van der Waals surface area contributed by atoms with Crippen molar-refractivity contribution in [2.45, 2.75) is 40.3 Å². The van der Waals surface area contributed by atoms with Crippen molar-refractivity contribution >= 4 is 0 Å². The predicted octanol–water partition coefficient (Wildman–Crippen LogP) is 2.76. The van der Waals surface area contributed by atoms with E-state index in [-0.39, 0.29) is 0 Å². The van der Waals surface area contributed by atoms with Crippen molar-refractivity contribution < 1.29 is 0 Å². The topological polar surface area (TPSA) is 56.7 Å². The van der Waals surface area contributed by atoms with Crippen LogP contribution in [0.4, 0.5) is 0 Å². The maximum absolute atomic E-state index is 5.79. The van der Waals surface area contributed by atoms with Crippen LogP contribution in [0.5, 0.6) is 0 Å². The molecule has 0 unspecified atom stereocenters. The molecule has 1 aromatic heterocycles. The zero-order chi connectivity index (χ0) is 13.8. The Morgan fingerprint density at radius 1 is 1.26 bits per heavy atom. The normalized spacial score (nSPS) is 11.2. The molecule has 0 spiro atoms. The summed E-state index contributed by atoms with van der Waals surface area (Å²) in [5.41, 5.74) is 10.1. The van der Waals surface area contributed by atoms with Crippen LogP contribution in [0, 0.1) is 12.8 Å². The number of nitrogens with two attached hydrogens (primary N) is 1. The van der Waals surface area contributed by atoms with Crippen LogP contribution in [0.25, 0.3) is 11.3 Å². The molecule has 0 saturated heterocycles. The molecule has 2 rings (SSSR count). The van der Waals surface area contributed by atoms with Gasteiger partial charge in [-0.1, -0.05) is 43.3 Å². The highest BCUT2D eigenvalue weighted by molar-refractivity contribution is 5.65. The smallest absolute Gasteiger partial charge is 0.104 e. The third-order valence-electron chi connectivity index (χ3n) is 3.32. The van der Waals surface area contributed by atoms with E-state index in [1.54, 1.807) is 0 Å². The summed E-state index contributed by atoms with van der Waals surface area (Å²) < 4.78 is 1.99. The van der Waals surface area contributed by atoms with Crippen LogP contribution in [0.3, 0.4) is 0 Å². The zero-order valence-electron chi connectivity index (χ0n) is 11.9. The Hall–Kier alpha value is -1.68. The molecule has 0 aliphatic carbocycles. The van der Waals surface area contributed by atoms with Gasteiger partial charge in [0.25, 0.3) is 0 Å². The van der Waals surface area contributed by atoms with E-state index in [9.17, 15) is 0 Å². The van der Waals surface area contributed by atoms with Crippen molar-refractivity contribution in [3.63, 3.8) is 0 Å². The summed E-state index contributed by atoms with van der Waals surface area (Å²) in [6, 6.07) is 8.31. The van der Waals surface area contributed by atoms with Crippen molar-refractivity contribution in [3.8, 4) is 11.3 Å². The van der Waals surface area contributed by atoms with Crippen molar-refractivity contribution in [2.24, 2.45) is 11.7 Å². The molecule has 4 heteroatoms. The van der Waals surface area contributed by atoms with Crippen molar-refractivity contribution in [2.75, 3.05) is 0 Å². The summed E-state index contributed by atoms with van der Waals surface area (Å²) in [6.07, 6.45) is 1.09. The second-order valence-corrected chi connectivity index (χ2v) is 5.31. The standard InChI is InChI=1S/C15H22N4/c1-11(2)8-9-19-15(14(10-16)17-18-19)13-7-5-4-6-12(13)3/h4-7,11H,8-10,16H2,1-3H3. The summed E-state index contributed by atoms with van der Waals surface area (Å²) >= 11 is 0. The summed E-state index contributed by atoms with van der Waals surface area (Å²) in [6.45, 7) is 7.84. The molecule has 1 aromatic carbocycles. The quantitative estimate of drug-likeness (QED) is 0.897. The van der Waals surface area contributed by atoms with E-state index < -0.39 is 0 Å². The molecule has 0 bridgehead atoms. The van der Waals surface area contributed by atoms with Gasteiger partial charge in [0.15, 0.2) is 0 Å². The monoisotopic (exact) mass is 258 g/mol. The molecule has 102 valence electrons. The van der Waals surface area contributed by atoms with Crippen molar-refractivity contribution in [1.82, 2.24) is 15.0 Å². The molecular weight excluding hydrogens is 236 g/mol. The highest BCUT2D eigenvalue weighted by Crippen LogP contribution is 2.25. The van der Waals surface area contributed by atoms with Gasteiger partial charge < -0.3 is 5.73 Å². The first-order chi connectivity index (χ1) is 9.13. The molecule has 4 nitrogen and oxygen atoms in total. The van der Waals surface area contributed by atoms with E-state index in [0.717, 1.165) is 24.4 Å². The first-order valence-electron chi connectivity index (χ1n) is 6.82. The Labute approximate surface area is 114 Å². The number of aryl methyl sites for hydroxylation is 2. The van der Waals surface area contributed by atoms with Crippen LogP contribution in [0.2, 0.25) is 0 Å². The molecule has 1 heterocycles. The van der Waals surface area contributed by atoms with Gasteiger partial charge in [0.05, 0.1) is 5.69 Å². The average Bonchev–Trinajstić information content (AvgIpc) is 2.79. The van der Waals surface area contributed by atoms with Gasteiger partial charge >= 0.3 is 0 Å². The van der Waals surface area contributed by atoms with Crippen LogP contribution in [0.1, 0.15) is 31.5 Å². The molecule has 0 amide bonds. The van der Waals surface area contributed by atoms with Crippen LogP contribution in [0.15, 0.2) is 24.3 Å². The summed E-state index contributed by atoms with van der Waals surface area (Å²) in [7, 11) is 0. The first-order valence-corrected chi connectivity index (χ1v) is 6.82. The summed E-state index contributed by atoms with van der Waals surface area (Å²) in [5.74, 6) is 0.648. The lowest BCUT2D eigenvalue weighted by Gasteiger charge is -2.11. The van der Waals surface area contributed by atoms with E-state index in [0.29, 0.717) is 12.5 Å². The largest absolute Gasteiger partial charge is 0.325 e. The maximum Gasteiger partial charge on any atom is 0.104 e. The van der Waals surface area contributed by atoms with Gasteiger partial charge in [-0.3, -0.25) is 0 Å². The SMILES string of the molecule is Cc1ccccc1-c1c(CN)nnn1CCC(C)C. The molecule has 0 radical (unpaired) electrons. The van der Waals surface area contributed by atoms with Gasteiger partial charge in [-0.15, -0.1) is 5.10 Å². The number of rotatable bonds is 5. The molecule has 2 aromatic rings. The molecule has 2 N–H and O–H groups in total. The summed E-state index contributed by atoms with van der Waals surface area (Å²) in [4.78, 5) is 0. The molecule has 0 fully saturated rings. The van der Waals surface area contributed by atoms with E-state index in [1.807, 2.05) is 16.8 Å². The third-order valence-corrected chi connectivity index (χ3v) is 3.32. The van der Waals surface area contributed by atoms with Crippen molar-refractivity contribution in [1.29, 1.82) is 0 Å². The zero-order valence-corrected chi connectivity index (χ0v) is 11.9. The number of aromatic nitrogens is 3. The van der Waals surface area contributed by atoms with Crippen LogP contribution in [-0.2, 0) is 13.1 Å². The predicted molar refractivity (Wildman–Crippen MR) is 77.5 cm³/mol. The summed E-state index contributed by atoms with van der Waals surface area (Å²) in [5, 5.41) is 8.48. The Morgan fingerprint density at radius 2 is 2.00 bits per heavy atom. The minimum absolute atomic E-state index is 0.422. The minimum Gasteiger partial charge on any atom is -0.325 e. The fourth-order valence-electron chi connectivity index (χ4n) is 2.16. The highest BCUT2D eigenvalue weighted by Gasteiger charge is 2.15. The molecule has 0 atom stereocenters. The van der Waals surface area contributed by atoms with Crippen LogP contribution >= 0.6 is 0 Å². The van der Waals surface area contributed by atoms with E-state index in [1.165, 1.54) is 11.1 Å². The lowest BCUT2D eigenvalue weighted by molar-refractivity contribution is 0.481. The second kappa shape index (κ2) is 5.97. The number of benzene rings is 1. The Morgan fingerprint density at radius 3 is 2.63 bits per heavy atom. The van der Waals surface area contributed by atoms with Crippen LogP contribution in [-0.4, -0.2) is 15.0 Å². The van der Waals surface area contributed by atoms with E-state index in [4.69, 9.17) is 5.73 Å². The number of nitrogens with zero attached hydrogens (tertiary/aromatic N) is 3. The van der Waals surface area contributed by atoms with E-state index >= 15 is 0 Å². The second-order valence-electron chi connectivity index (χ2n) is 5.31. The lowest BCUT2D eigenvalue weighted by atomic mass is 10.0. The van der Waals surface area contributed by atoms with Gasteiger partial charge in [-0.2, -0.15) is 0 Å². The molecule has 0 aliphatic rings. The first kappa shape index (κ1) is 13.7. The molecule has 0 saturated carbocycles. The van der Waals surface area contributed by atoms with Gasteiger partial charge in [-0.25, -0.2) is 4.68 Å². The van der Waals surface area contributed by atoms with E-state index in [2.05, 4.69) is 43.2 Å². The van der Waals surface area contributed by atoms with Crippen LogP contribution < -0.4 is 5.73 Å². The Bertz CT molecular complexity index is 543. The van der Waals surface area contributed by atoms with Gasteiger partial charge in [0.1, 0.15) is 5.69 Å². The van der Waals surface area contributed by atoms with Gasteiger partial charge in [0.2, 0.25) is 0 Å². The molecule has 0 aliphatic heterocycles. The van der Waals surface area contributed by atoms with Gasteiger partial charge in [0, 0.05) is 18.7 Å². The average molecular weight is 258 g/mol. The third kappa shape index (κ3) is 3.01. The highest BCUT2D eigenvalue weighted by atomic mass is 15.4. The Balaban J connectivity index is 2.42. The maximum atomic E-state index is 5.79. The number of hydrogen-bond acceptors (Lipinski definition) is 3. The fraction of sp³-hybridized carbons (Fsp3) is 0.467. The molecular formula is C15H22N4. The minimum atomic E-state index is 0.422. The fourth-order valence-corrected chi connectivity index (χ4v) is 2.16. The van der Waals surface area contributed by atoms with Gasteiger partial charge in [-0.05, 0) is 24.8 Å². The lowest BCUT2D eigenvalue weighted by Crippen LogP contribution is -2.07.